The van der Waals surface area contributed by atoms with E-state index in [2.05, 4.69) is 10.3 Å². The molecule has 0 unspecified atom stereocenters. The molecule has 4 nitrogen and oxygen atoms in total. The quantitative estimate of drug-likeness (QED) is 0.788. The van der Waals surface area contributed by atoms with Gasteiger partial charge in [0.25, 0.3) is 0 Å². The maximum Gasteiger partial charge on any atom is 0.147 e. The van der Waals surface area contributed by atoms with Gasteiger partial charge in [-0.15, -0.1) is 0 Å². The molecule has 0 aromatic carbocycles. The molecule has 0 saturated heterocycles. The Kier molecular flexibility index (Phi) is 4.94. The van der Waals surface area contributed by atoms with Crippen molar-refractivity contribution in [2.45, 2.75) is 6.92 Å². The van der Waals surface area contributed by atoms with Crippen LogP contribution in [0, 0.1) is 0 Å². The first-order chi connectivity index (χ1) is 7.15. The molecule has 0 amide bonds. The number of aromatic nitrogens is 1. The van der Waals surface area contributed by atoms with Gasteiger partial charge in [0, 0.05) is 13.2 Å². The van der Waals surface area contributed by atoms with E-state index in [1.54, 1.807) is 6.07 Å². The largest absolute Gasteiger partial charge is 0.382 e. The summed E-state index contributed by atoms with van der Waals surface area (Å²) in [7, 11) is 0. The Morgan fingerprint density at radius 1 is 1.47 bits per heavy atom. The molecule has 6 heteroatoms. The van der Waals surface area contributed by atoms with Crippen molar-refractivity contribution in [1.29, 1.82) is 0 Å². The lowest BCUT2D eigenvalue weighted by atomic mass is 10.4. The number of rotatable bonds is 5. The van der Waals surface area contributed by atoms with Crippen molar-refractivity contribution < 1.29 is 4.74 Å². The number of ether oxygens (including phenoxy) is 1. The summed E-state index contributed by atoms with van der Waals surface area (Å²) in [6.45, 7) is 3.84. The summed E-state index contributed by atoms with van der Waals surface area (Å²) in [5.41, 5.74) is 5.55. The number of hydrogen-bond donors (Lipinski definition) is 2. The number of nitrogen functional groups attached to an aromatic ring is 1. The van der Waals surface area contributed by atoms with Gasteiger partial charge in [-0.2, -0.15) is 0 Å². The van der Waals surface area contributed by atoms with Crippen molar-refractivity contribution in [1.82, 2.24) is 4.98 Å². The minimum Gasteiger partial charge on any atom is -0.382 e. The predicted octanol–water partition coefficient (Wildman–Crippen LogP) is 2.42. The highest BCUT2D eigenvalue weighted by Gasteiger charge is 2.05. The van der Waals surface area contributed by atoms with Crippen LogP contribution in [0.3, 0.4) is 0 Å². The predicted molar refractivity (Wildman–Crippen MR) is 63.7 cm³/mol. The third-order valence-corrected chi connectivity index (χ3v) is 2.29. The summed E-state index contributed by atoms with van der Waals surface area (Å²) in [5.74, 6) is 0.790. The molecule has 3 N–H and O–H groups in total. The molecule has 0 aliphatic heterocycles. The summed E-state index contributed by atoms with van der Waals surface area (Å²) in [6.07, 6.45) is 0. The molecule has 0 radical (unpaired) electrons. The molecular formula is C9H13Cl2N3O. The third-order valence-electron chi connectivity index (χ3n) is 1.70. The Morgan fingerprint density at radius 3 is 2.87 bits per heavy atom. The molecule has 15 heavy (non-hydrogen) atoms. The highest BCUT2D eigenvalue weighted by molar-refractivity contribution is 6.37. The smallest absolute Gasteiger partial charge is 0.147 e. The van der Waals surface area contributed by atoms with Crippen LogP contribution in [-0.4, -0.2) is 24.7 Å². The Hall–Kier alpha value is -0.710. The van der Waals surface area contributed by atoms with Gasteiger partial charge in [-0.25, -0.2) is 4.98 Å². The number of nitrogens with zero attached hydrogens (tertiary/aromatic N) is 1. The fourth-order valence-corrected chi connectivity index (χ4v) is 1.42. The van der Waals surface area contributed by atoms with Gasteiger partial charge in [-0.05, 0) is 13.0 Å². The molecule has 1 aromatic rings. The fraction of sp³-hybridized carbons (Fsp3) is 0.444. The lowest BCUT2D eigenvalue weighted by molar-refractivity contribution is 0.158. The highest BCUT2D eigenvalue weighted by atomic mass is 35.5. The lowest BCUT2D eigenvalue weighted by Gasteiger charge is -2.08. The summed E-state index contributed by atoms with van der Waals surface area (Å²) in [6, 6.07) is 1.56. The number of nitrogens with one attached hydrogen (secondary N) is 1. The van der Waals surface area contributed by atoms with E-state index in [0.717, 1.165) is 0 Å². The van der Waals surface area contributed by atoms with Crippen LogP contribution in [0.25, 0.3) is 0 Å². The topological polar surface area (TPSA) is 60.2 Å². The van der Waals surface area contributed by atoms with Crippen molar-refractivity contribution >= 4 is 34.8 Å². The van der Waals surface area contributed by atoms with Crippen LogP contribution >= 0.6 is 23.2 Å². The van der Waals surface area contributed by atoms with Gasteiger partial charge in [0.05, 0.1) is 16.7 Å². The lowest BCUT2D eigenvalue weighted by Crippen LogP contribution is -2.11. The number of pyridine rings is 1. The first-order valence-corrected chi connectivity index (χ1v) is 5.34. The molecule has 84 valence electrons. The van der Waals surface area contributed by atoms with E-state index in [-0.39, 0.29) is 5.82 Å². The monoisotopic (exact) mass is 249 g/mol. The van der Waals surface area contributed by atoms with Gasteiger partial charge >= 0.3 is 0 Å². The van der Waals surface area contributed by atoms with Crippen molar-refractivity contribution in [3.8, 4) is 0 Å². The van der Waals surface area contributed by atoms with Crippen molar-refractivity contribution in [3.05, 3.63) is 16.1 Å². The summed E-state index contributed by atoms with van der Waals surface area (Å²) in [4.78, 5) is 4.02. The minimum atomic E-state index is 0.264. The van der Waals surface area contributed by atoms with E-state index in [4.69, 9.17) is 33.7 Å². The average molecular weight is 250 g/mol. The van der Waals surface area contributed by atoms with Crippen molar-refractivity contribution in [2.75, 3.05) is 30.8 Å². The summed E-state index contributed by atoms with van der Waals surface area (Å²) in [5, 5.41) is 3.82. The average Bonchev–Trinajstić information content (AvgIpc) is 2.20. The van der Waals surface area contributed by atoms with Gasteiger partial charge in [0.1, 0.15) is 11.6 Å². The second-order valence-corrected chi connectivity index (χ2v) is 3.62. The van der Waals surface area contributed by atoms with Gasteiger partial charge in [-0.1, -0.05) is 23.2 Å². The van der Waals surface area contributed by atoms with E-state index in [1.807, 2.05) is 6.92 Å². The molecule has 1 aromatic heterocycles. The molecule has 1 heterocycles. The molecule has 0 spiro atoms. The maximum absolute atomic E-state index is 5.91. The molecule has 1 rings (SSSR count). The molecular weight excluding hydrogens is 237 g/mol. The van der Waals surface area contributed by atoms with Crippen LogP contribution in [0.15, 0.2) is 6.07 Å². The van der Waals surface area contributed by atoms with E-state index in [9.17, 15) is 0 Å². The standard InChI is InChI=1S/C9H13Cl2N3O/c1-2-15-4-3-13-9-7(11)5-6(10)8(12)14-9/h5H,2-4H2,1H3,(H3,12,13,14). The maximum atomic E-state index is 5.91. The molecule has 0 fully saturated rings. The Balaban J connectivity index is 2.57. The van der Waals surface area contributed by atoms with Gasteiger partial charge in [0.15, 0.2) is 0 Å². The number of anilines is 2. The number of hydrogen-bond acceptors (Lipinski definition) is 4. The third kappa shape index (κ3) is 3.74. The Bertz CT molecular complexity index is 333. The fourth-order valence-electron chi connectivity index (χ4n) is 0.991. The zero-order chi connectivity index (χ0) is 11.3. The second-order valence-electron chi connectivity index (χ2n) is 2.81. The molecule has 0 bridgehead atoms. The second kappa shape index (κ2) is 6.00. The van der Waals surface area contributed by atoms with E-state index in [1.165, 1.54) is 0 Å². The van der Waals surface area contributed by atoms with Gasteiger partial charge in [-0.3, -0.25) is 0 Å². The number of halogens is 2. The minimum absolute atomic E-state index is 0.264. The Labute approximate surface area is 98.7 Å². The highest BCUT2D eigenvalue weighted by Crippen LogP contribution is 2.26. The van der Waals surface area contributed by atoms with Crippen LogP contribution in [0.1, 0.15) is 6.92 Å². The van der Waals surface area contributed by atoms with Gasteiger partial charge < -0.3 is 15.8 Å². The van der Waals surface area contributed by atoms with Crippen molar-refractivity contribution in [2.24, 2.45) is 0 Å². The van der Waals surface area contributed by atoms with E-state index in [0.29, 0.717) is 35.6 Å². The van der Waals surface area contributed by atoms with E-state index < -0.39 is 0 Å². The van der Waals surface area contributed by atoms with Crippen LogP contribution in [0.5, 0.6) is 0 Å². The normalized spacial score (nSPS) is 10.3. The Morgan fingerprint density at radius 2 is 2.20 bits per heavy atom. The van der Waals surface area contributed by atoms with E-state index >= 15 is 0 Å². The zero-order valence-electron chi connectivity index (χ0n) is 8.39. The number of nitrogens with two attached hydrogens (primary N) is 1. The first-order valence-electron chi connectivity index (χ1n) is 4.58. The SMILES string of the molecule is CCOCCNc1nc(N)c(Cl)cc1Cl. The molecule has 0 aliphatic carbocycles. The first kappa shape index (κ1) is 12.4. The van der Waals surface area contributed by atoms with Crippen LogP contribution in [0.4, 0.5) is 11.6 Å². The van der Waals surface area contributed by atoms with Gasteiger partial charge in [0.2, 0.25) is 0 Å². The van der Waals surface area contributed by atoms with Crippen molar-refractivity contribution in [3.63, 3.8) is 0 Å². The summed E-state index contributed by atoms with van der Waals surface area (Å²) < 4.78 is 5.16. The molecule has 0 saturated carbocycles. The molecule has 0 aliphatic rings. The summed E-state index contributed by atoms with van der Waals surface area (Å²) >= 11 is 11.7. The molecule has 0 atom stereocenters. The zero-order valence-corrected chi connectivity index (χ0v) is 9.90. The van der Waals surface area contributed by atoms with Crippen LogP contribution in [0.2, 0.25) is 10.0 Å². The van der Waals surface area contributed by atoms with Crippen LogP contribution < -0.4 is 11.1 Å². The van der Waals surface area contributed by atoms with Crippen LogP contribution in [-0.2, 0) is 4.74 Å².